The molecule has 1 N–H and O–H groups in total. The van der Waals surface area contributed by atoms with Crippen molar-refractivity contribution >= 4 is 0 Å². The van der Waals surface area contributed by atoms with Crippen molar-refractivity contribution in [3.8, 4) is 5.75 Å². The summed E-state index contributed by atoms with van der Waals surface area (Å²) >= 11 is 0. The molecule has 1 aromatic rings. The Labute approximate surface area is 128 Å². The zero-order valence-electron chi connectivity index (χ0n) is 13.0. The van der Waals surface area contributed by atoms with Crippen LogP contribution >= 0.6 is 0 Å². The summed E-state index contributed by atoms with van der Waals surface area (Å²) in [6.45, 7) is 2.08. The fraction of sp³-hybridized carbons (Fsp3) is 0.667. The van der Waals surface area contributed by atoms with E-state index in [2.05, 4.69) is 29.6 Å². The number of methoxy groups -OCH3 is 1. The van der Waals surface area contributed by atoms with Crippen molar-refractivity contribution in [3.05, 3.63) is 29.8 Å². The molecule has 2 unspecified atom stereocenters. The van der Waals surface area contributed by atoms with Gasteiger partial charge in [-0.05, 0) is 68.7 Å². The normalized spacial score (nSPS) is 23.2. The largest absolute Gasteiger partial charge is 0.497 e. The van der Waals surface area contributed by atoms with E-state index in [1.807, 2.05) is 0 Å². The van der Waals surface area contributed by atoms with Crippen LogP contribution in [0.2, 0.25) is 0 Å². The van der Waals surface area contributed by atoms with Crippen LogP contribution in [0.25, 0.3) is 0 Å². The molecule has 2 atom stereocenters. The second-order valence-corrected chi connectivity index (χ2v) is 6.47. The van der Waals surface area contributed by atoms with Crippen molar-refractivity contribution in [2.45, 2.75) is 50.7 Å². The van der Waals surface area contributed by atoms with E-state index >= 15 is 0 Å². The first-order valence-corrected chi connectivity index (χ1v) is 8.31. The van der Waals surface area contributed by atoms with Gasteiger partial charge in [0.1, 0.15) is 5.75 Å². The molecule has 1 saturated carbocycles. The van der Waals surface area contributed by atoms with Crippen molar-refractivity contribution in [1.82, 2.24) is 5.32 Å². The fourth-order valence-corrected chi connectivity index (χ4v) is 3.16. The van der Waals surface area contributed by atoms with Gasteiger partial charge < -0.3 is 14.8 Å². The summed E-state index contributed by atoms with van der Waals surface area (Å²) in [7, 11) is 1.72. The molecule has 1 aliphatic carbocycles. The van der Waals surface area contributed by atoms with Gasteiger partial charge in [0.25, 0.3) is 0 Å². The third kappa shape index (κ3) is 4.72. The van der Waals surface area contributed by atoms with Crippen LogP contribution in [0.4, 0.5) is 0 Å². The van der Waals surface area contributed by atoms with Crippen LogP contribution in [-0.4, -0.2) is 32.4 Å². The Morgan fingerprint density at radius 2 is 2.05 bits per heavy atom. The molecule has 0 radical (unpaired) electrons. The van der Waals surface area contributed by atoms with Crippen LogP contribution in [0.15, 0.2) is 24.3 Å². The average Bonchev–Trinajstić information content (AvgIpc) is 3.21. The smallest absolute Gasteiger partial charge is 0.118 e. The van der Waals surface area contributed by atoms with Crippen LogP contribution in [0, 0.1) is 5.92 Å². The standard InChI is InChI=1S/C18H27NO2/c1-20-17-8-4-14(5-9-17)11-15(13-19-16-6-7-16)12-18-3-2-10-21-18/h4-5,8-9,15-16,18-19H,2-3,6-7,10-13H2,1H3. The second kappa shape index (κ2) is 7.28. The van der Waals surface area contributed by atoms with Crippen molar-refractivity contribution < 1.29 is 9.47 Å². The maximum atomic E-state index is 5.83. The van der Waals surface area contributed by atoms with E-state index < -0.39 is 0 Å². The summed E-state index contributed by atoms with van der Waals surface area (Å²) in [5.41, 5.74) is 1.40. The summed E-state index contributed by atoms with van der Waals surface area (Å²) in [6.07, 6.45) is 7.98. The summed E-state index contributed by atoms with van der Waals surface area (Å²) in [5, 5.41) is 3.69. The molecule has 3 rings (SSSR count). The molecule has 1 aliphatic heterocycles. The molecule has 0 aromatic heterocycles. The number of nitrogens with one attached hydrogen (secondary N) is 1. The van der Waals surface area contributed by atoms with Crippen LogP contribution in [0.5, 0.6) is 5.75 Å². The van der Waals surface area contributed by atoms with E-state index in [1.54, 1.807) is 7.11 Å². The van der Waals surface area contributed by atoms with Gasteiger partial charge in [0.2, 0.25) is 0 Å². The predicted molar refractivity (Wildman–Crippen MR) is 84.8 cm³/mol. The molecule has 1 aromatic carbocycles. The molecule has 3 nitrogen and oxygen atoms in total. The van der Waals surface area contributed by atoms with Crippen molar-refractivity contribution in [2.24, 2.45) is 5.92 Å². The van der Waals surface area contributed by atoms with Gasteiger partial charge in [-0.15, -0.1) is 0 Å². The lowest BCUT2D eigenvalue weighted by Gasteiger charge is -2.21. The molecule has 3 heteroatoms. The molecule has 1 saturated heterocycles. The van der Waals surface area contributed by atoms with Crippen molar-refractivity contribution in [1.29, 1.82) is 0 Å². The Morgan fingerprint density at radius 1 is 1.24 bits per heavy atom. The van der Waals surface area contributed by atoms with E-state index in [-0.39, 0.29) is 0 Å². The Balaban J connectivity index is 1.55. The highest BCUT2D eigenvalue weighted by Gasteiger charge is 2.25. The number of ether oxygens (including phenoxy) is 2. The summed E-state index contributed by atoms with van der Waals surface area (Å²) in [5.74, 6) is 1.60. The number of hydrogen-bond donors (Lipinski definition) is 1. The zero-order chi connectivity index (χ0) is 14.5. The Bertz CT molecular complexity index is 421. The molecule has 21 heavy (non-hydrogen) atoms. The lowest BCUT2D eigenvalue weighted by Crippen LogP contribution is -2.28. The van der Waals surface area contributed by atoms with Gasteiger partial charge >= 0.3 is 0 Å². The molecule has 2 aliphatic rings. The first-order chi connectivity index (χ1) is 10.3. The van der Waals surface area contributed by atoms with Gasteiger partial charge in [0.05, 0.1) is 13.2 Å². The zero-order valence-corrected chi connectivity index (χ0v) is 13.0. The average molecular weight is 289 g/mol. The SMILES string of the molecule is COc1ccc(CC(CNC2CC2)CC2CCCO2)cc1. The van der Waals surface area contributed by atoms with Gasteiger partial charge in [-0.1, -0.05) is 12.1 Å². The minimum Gasteiger partial charge on any atom is -0.497 e. The Morgan fingerprint density at radius 3 is 2.67 bits per heavy atom. The van der Waals surface area contributed by atoms with Gasteiger partial charge in [-0.25, -0.2) is 0 Å². The quantitative estimate of drug-likeness (QED) is 0.797. The number of hydrogen-bond acceptors (Lipinski definition) is 3. The third-order valence-corrected chi connectivity index (χ3v) is 4.58. The number of rotatable bonds is 8. The highest BCUT2D eigenvalue weighted by Crippen LogP contribution is 2.25. The minimum atomic E-state index is 0.481. The van der Waals surface area contributed by atoms with Crippen LogP contribution < -0.4 is 10.1 Å². The third-order valence-electron chi connectivity index (χ3n) is 4.58. The minimum absolute atomic E-state index is 0.481. The monoisotopic (exact) mass is 289 g/mol. The topological polar surface area (TPSA) is 30.5 Å². The highest BCUT2D eigenvalue weighted by molar-refractivity contribution is 5.27. The van der Waals surface area contributed by atoms with Gasteiger partial charge in [-0.3, -0.25) is 0 Å². The highest BCUT2D eigenvalue weighted by atomic mass is 16.5. The van der Waals surface area contributed by atoms with Crippen molar-refractivity contribution in [2.75, 3.05) is 20.3 Å². The second-order valence-electron chi connectivity index (χ2n) is 6.47. The Hall–Kier alpha value is -1.06. The summed E-state index contributed by atoms with van der Waals surface area (Å²) in [6, 6.07) is 9.30. The van der Waals surface area contributed by atoms with Gasteiger partial charge in [0.15, 0.2) is 0 Å². The lowest BCUT2D eigenvalue weighted by molar-refractivity contribution is 0.0892. The number of benzene rings is 1. The molecule has 116 valence electrons. The summed E-state index contributed by atoms with van der Waals surface area (Å²) in [4.78, 5) is 0. The fourth-order valence-electron chi connectivity index (χ4n) is 3.16. The molecule has 1 heterocycles. The molecular weight excluding hydrogens is 262 g/mol. The molecule has 0 spiro atoms. The predicted octanol–water partition coefficient (Wildman–Crippen LogP) is 3.18. The Kier molecular flexibility index (Phi) is 5.15. The van der Waals surface area contributed by atoms with Crippen LogP contribution in [0.1, 0.15) is 37.7 Å². The molecule has 0 bridgehead atoms. The first-order valence-electron chi connectivity index (χ1n) is 8.31. The molecule has 0 amide bonds. The maximum Gasteiger partial charge on any atom is 0.118 e. The van der Waals surface area contributed by atoms with E-state index in [1.165, 1.54) is 37.7 Å². The van der Waals surface area contributed by atoms with Gasteiger partial charge in [0, 0.05) is 12.6 Å². The first kappa shape index (κ1) is 14.9. The van der Waals surface area contributed by atoms with Crippen LogP contribution in [-0.2, 0) is 11.2 Å². The summed E-state index contributed by atoms with van der Waals surface area (Å²) < 4.78 is 11.1. The van der Waals surface area contributed by atoms with Crippen molar-refractivity contribution in [3.63, 3.8) is 0 Å². The maximum absolute atomic E-state index is 5.83. The molecular formula is C18H27NO2. The van der Waals surface area contributed by atoms with E-state index in [0.717, 1.165) is 31.4 Å². The van der Waals surface area contributed by atoms with Crippen LogP contribution in [0.3, 0.4) is 0 Å². The van der Waals surface area contributed by atoms with E-state index in [9.17, 15) is 0 Å². The van der Waals surface area contributed by atoms with E-state index in [4.69, 9.17) is 9.47 Å². The van der Waals surface area contributed by atoms with Gasteiger partial charge in [-0.2, -0.15) is 0 Å². The molecule has 2 fully saturated rings. The lowest BCUT2D eigenvalue weighted by atomic mass is 9.92. The van der Waals surface area contributed by atoms with E-state index in [0.29, 0.717) is 12.0 Å².